The minimum atomic E-state index is -3.92. The van der Waals surface area contributed by atoms with Crippen molar-refractivity contribution in [2.75, 3.05) is 27.0 Å². The van der Waals surface area contributed by atoms with Gasteiger partial charge in [0.1, 0.15) is 11.5 Å². The molecular weight excluding hydrogens is 414 g/mol. The molecule has 0 radical (unpaired) electrons. The fourth-order valence-corrected chi connectivity index (χ4v) is 6.30. The van der Waals surface area contributed by atoms with Crippen LogP contribution in [0.25, 0.3) is 0 Å². The van der Waals surface area contributed by atoms with E-state index in [1.54, 1.807) is 39.3 Å². The molecule has 1 atom stereocenters. The predicted octanol–water partition coefficient (Wildman–Crippen LogP) is 2.94. The first kappa shape index (κ1) is 21.6. The number of hydrogen-bond acceptors (Lipinski definition) is 6. The smallest absolute Gasteiger partial charge is 0.243 e. The molecule has 0 bridgehead atoms. The molecule has 7 nitrogen and oxygen atoms in total. The van der Waals surface area contributed by atoms with Gasteiger partial charge in [-0.25, -0.2) is 16.8 Å². The number of benzene rings is 2. The molecule has 29 heavy (non-hydrogen) atoms. The van der Waals surface area contributed by atoms with Gasteiger partial charge in [-0.15, -0.1) is 0 Å². The van der Waals surface area contributed by atoms with Crippen LogP contribution in [-0.4, -0.2) is 48.2 Å². The molecule has 158 valence electrons. The SMILES string of the molecule is COc1ccc(OC)c(C2CCCN2S(=O)(=O)c2cc(S(C)(=O)=O)ccc2C)c1. The fraction of sp³-hybridized carbons (Fsp3) is 0.400. The van der Waals surface area contributed by atoms with Crippen LogP contribution in [0.1, 0.15) is 30.0 Å². The lowest BCUT2D eigenvalue weighted by Crippen LogP contribution is -2.31. The molecule has 0 N–H and O–H groups in total. The first-order valence-electron chi connectivity index (χ1n) is 9.14. The van der Waals surface area contributed by atoms with E-state index in [0.717, 1.165) is 11.8 Å². The molecule has 1 fully saturated rings. The molecule has 2 aromatic carbocycles. The zero-order valence-electron chi connectivity index (χ0n) is 16.9. The summed E-state index contributed by atoms with van der Waals surface area (Å²) >= 11 is 0. The van der Waals surface area contributed by atoms with Gasteiger partial charge in [-0.1, -0.05) is 6.07 Å². The number of hydrogen-bond donors (Lipinski definition) is 0. The Morgan fingerprint density at radius 2 is 1.72 bits per heavy atom. The summed E-state index contributed by atoms with van der Waals surface area (Å²) < 4.78 is 63.1. The van der Waals surface area contributed by atoms with Crippen LogP contribution in [0, 0.1) is 6.92 Å². The van der Waals surface area contributed by atoms with Gasteiger partial charge in [0.05, 0.1) is 30.1 Å². The third-order valence-electron chi connectivity index (χ3n) is 5.17. The molecule has 0 aromatic heterocycles. The third kappa shape index (κ3) is 4.12. The zero-order chi connectivity index (χ0) is 21.4. The number of sulfonamides is 1. The summed E-state index contributed by atoms with van der Waals surface area (Å²) in [5.41, 5.74) is 1.23. The maximum Gasteiger partial charge on any atom is 0.243 e. The van der Waals surface area contributed by atoms with E-state index in [1.807, 2.05) is 0 Å². The molecule has 1 aliphatic rings. The Balaban J connectivity index is 2.11. The van der Waals surface area contributed by atoms with E-state index in [4.69, 9.17) is 9.47 Å². The summed E-state index contributed by atoms with van der Waals surface area (Å²) in [6.07, 6.45) is 2.39. The van der Waals surface area contributed by atoms with Crippen molar-refractivity contribution in [3.8, 4) is 11.5 Å². The van der Waals surface area contributed by atoms with E-state index in [-0.39, 0.29) is 9.79 Å². The molecule has 1 heterocycles. The summed E-state index contributed by atoms with van der Waals surface area (Å²) in [4.78, 5) is -0.00873. The van der Waals surface area contributed by atoms with Crippen LogP contribution in [0.3, 0.4) is 0 Å². The summed E-state index contributed by atoms with van der Waals surface area (Å²) in [6, 6.07) is 9.08. The monoisotopic (exact) mass is 439 g/mol. The number of ether oxygens (including phenoxy) is 2. The highest BCUT2D eigenvalue weighted by Gasteiger charge is 2.38. The third-order valence-corrected chi connectivity index (χ3v) is 8.33. The molecule has 1 aliphatic heterocycles. The predicted molar refractivity (Wildman–Crippen MR) is 110 cm³/mol. The zero-order valence-corrected chi connectivity index (χ0v) is 18.5. The van der Waals surface area contributed by atoms with Crippen LogP contribution < -0.4 is 9.47 Å². The number of rotatable bonds is 6. The van der Waals surface area contributed by atoms with Gasteiger partial charge in [0.15, 0.2) is 9.84 Å². The highest BCUT2D eigenvalue weighted by molar-refractivity contribution is 7.91. The fourth-order valence-electron chi connectivity index (χ4n) is 3.65. The minimum absolute atomic E-state index is 0.00851. The number of aryl methyl sites for hydroxylation is 1. The molecule has 1 unspecified atom stereocenters. The number of sulfone groups is 1. The van der Waals surface area contributed by atoms with Crippen molar-refractivity contribution in [3.63, 3.8) is 0 Å². The normalized spacial score (nSPS) is 18.0. The van der Waals surface area contributed by atoms with Crippen LogP contribution in [0.15, 0.2) is 46.2 Å². The van der Waals surface area contributed by atoms with E-state index in [2.05, 4.69) is 0 Å². The second-order valence-electron chi connectivity index (χ2n) is 7.08. The van der Waals surface area contributed by atoms with Crippen LogP contribution in [-0.2, 0) is 19.9 Å². The van der Waals surface area contributed by atoms with Crippen LogP contribution in [0.5, 0.6) is 11.5 Å². The molecule has 0 saturated carbocycles. The standard InChI is InChI=1S/C20H25NO6S2/c1-14-7-9-16(28(4,22)23)13-20(14)29(24,25)21-11-5-6-18(21)17-12-15(26-2)8-10-19(17)27-3/h7-10,12-13,18H,5-6,11H2,1-4H3. The lowest BCUT2D eigenvalue weighted by atomic mass is 10.0. The van der Waals surface area contributed by atoms with Crippen LogP contribution in [0.2, 0.25) is 0 Å². The highest BCUT2D eigenvalue weighted by Crippen LogP contribution is 2.42. The highest BCUT2D eigenvalue weighted by atomic mass is 32.2. The van der Waals surface area contributed by atoms with Gasteiger partial charge < -0.3 is 9.47 Å². The van der Waals surface area contributed by atoms with Crippen LogP contribution in [0.4, 0.5) is 0 Å². The van der Waals surface area contributed by atoms with Gasteiger partial charge in [0.25, 0.3) is 0 Å². The largest absolute Gasteiger partial charge is 0.497 e. The quantitative estimate of drug-likeness (QED) is 0.687. The number of nitrogens with zero attached hydrogens (tertiary/aromatic N) is 1. The van der Waals surface area contributed by atoms with Gasteiger partial charge in [-0.2, -0.15) is 4.31 Å². The summed E-state index contributed by atoms with van der Waals surface area (Å²) in [5, 5.41) is 0. The Kier molecular flexibility index (Phi) is 5.93. The second-order valence-corrected chi connectivity index (χ2v) is 11.0. The van der Waals surface area contributed by atoms with Crippen molar-refractivity contribution in [1.29, 1.82) is 0 Å². The average molecular weight is 440 g/mol. The van der Waals surface area contributed by atoms with E-state index in [1.165, 1.54) is 22.5 Å². The molecule has 3 rings (SSSR count). The topological polar surface area (TPSA) is 90.0 Å². The molecule has 9 heteroatoms. The van der Waals surface area contributed by atoms with E-state index in [0.29, 0.717) is 36.4 Å². The van der Waals surface area contributed by atoms with Crippen molar-refractivity contribution in [2.24, 2.45) is 0 Å². The lowest BCUT2D eigenvalue weighted by Gasteiger charge is -2.27. The van der Waals surface area contributed by atoms with Crippen molar-refractivity contribution >= 4 is 19.9 Å². The van der Waals surface area contributed by atoms with Gasteiger partial charge in [-0.3, -0.25) is 0 Å². The van der Waals surface area contributed by atoms with Crippen molar-refractivity contribution in [3.05, 3.63) is 47.5 Å². The second kappa shape index (κ2) is 7.97. The molecule has 0 aliphatic carbocycles. The van der Waals surface area contributed by atoms with Crippen molar-refractivity contribution in [2.45, 2.75) is 35.6 Å². The molecule has 2 aromatic rings. The Labute approximate surface area is 172 Å². The van der Waals surface area contributed by atoms with Gasteiger partial charge in [0.2, 0.25) is 10.0 Å². The van der Waals surface area contributed by atoms with Crippen LogP contribution >= 0.6 is 0 Å². The molecule has 1 saturated heterocycles. The number of methoxy groups -OCH3 is 2. The maximum absolute atomic E-state index is 13.5. The summed E-state index contributed by atoms with van der Waals surface area (Å²) in [6.45, 7) is 2.01. The average Bonchev–Trinajstić information content (AvgIpc) is 3.17. The van der Waals surface area contributed by atoms with Crippen molar-refractivity contribution in [1.82, 2.24) is 4.31 Å². The Morgan fingerprint density at radius 3 is 2.34 bits per heavy atom. The van der Waals surface area contributed by atoms with E-state index in [9.17, 15) is 16.8 Å². The Bertz CT molecular complexity index is 1130. The van der Waals surface area contributed by atoms with Crippen molar-refractivity contribution < 1.29 is 26.3 Å². The Hall–Kier alpha value is -2.10. The lowest BCUT2D eigenvalue weighted by molar-refractivity contribution is 0.361. The minimum Gasteiger partial charge on any atom is -0.497 e. The molecular formula is C20H25NO6S2. The summed E-state index contributed by atoms with van der Waals surface area (Å²) in [7, 11) is -4.36. The maximum atomic E-state index is 13.5. The van der Waals surface area contributed by atoms with Gasteiger partial charge >= 0.3 is 0 Å². The van der Waals surface area contributed by atoms with E-state index >= 15 is 0 Å². The first-order valence-corrected chi connectivity index (χ1v) is 12.5. The molecule has 0 amide bonds. The summed E-state index contributed by atoms with van der Waals surface area (Å²) in [5.74, 6) is 1.19. The van der Waals surface area contributed by atoms with E-state index < -0.39 is 25.9 Å². The van der Waals surface area contributed by atoms with Gasteiger partial charge in [0, 0.05) is 18.4 Å². The molecule has 0 spiro atoms. The van der Waals surface area contributed by atoms with Gasteiger partial charge in [-0.05, 0) is 55.7 Å². The Morgan fingerprint density at radius 1 is 1.00 bits per heavy atom. The first-order chi connectivity index (χ1) is 13.6.